The van der Waals surface area contributed by atoms with Crippen molar-refractivity contribution in [2.75, 3.05) is 26.1 Å². The lowest BCUT2D eigenvalue weighted by atomic mass is 9.88. The number of anilines is 1. The van der Waals surface area contributed by atoms with Gasteiger partial charge in [0.2, 0.25) is 11.8 Å². The average molecular weight is 548 g/mol. The first-order chi connectivity index (χ1) is 18.7. The molecular formula is C25H31F2N7O5. The van der Waals surface area contributed by atoms with Gasteiger partial charge in [-0.2, -0.15) is 4.39 Å². The lowest BCUT2D eigenvalue weighted by Gasteiger charge is -2.27. The minimum absolute atomic E-state index is 0.0337. The van der Waals surface area contributed by atoms with Gasteiger partial charge in [-0.25, -0.2) is 9.37 Å². The van der Waals surface area contributed by atoms with Gasteiger partial charge in [-0.15, -0.1) is 5.10 Å². The van der Waals surface area contributed by atoms with E-state index in [0.717, 1.165) is 31.9 Å². The van der Waals surface area contributed by atoms with Crippen LogP contribution in [0.4, 0.5) is 14.5 Å². The molecule has 4 N–H and O–H groups in total. The number of nitrogens with one attached hydrogen (secondary N) is 3. The summed E-state index contributed by atoms with van der Waals surface area (Å²) in [5, 5.41) is 28.8. The SMILES string of the molecule is COCC(c1cc(F)cnc1OC)n1cc(NC(=O)[C@@H](NC(=O)C(=N)/C(C)=N\O)C(C2CC2)C2CC2)c(F)n1. The summed E-state index contributed by atoms with van der Waals surface area (Å²) in [5.41, 5.74) is -0.788. The number of aromatic nitrogens is 3. The molecule has 2 aromatic heterocycles. The zero-order valence-electron chi connectivity index (χ0n) is 21.8. The zero-order chi connectivity index (χ0) is 28.3. The van der Waals surface area contributed by atoms with Crippen molar-refractivity contribution in [2.24, 2.45) is 22.9 Å². The van der Waals surface area contributed by atoms with Gasteiger partial charge in [0.05, 0.1) is 26.1 Å². The Balaban J connectivity index is 1.61. The Morgan fingerprint density at radius 1 is 1.26 bits per heavy atom. The van der Waals surface area contributed by atoms with Crippen molar-refractivity contribution >= 4 is 28.9 Å². The summed E-state index contributed by atoms with van der Waals surface area (Å²) in [6.45, 7) is 1.26. The second-order valence-electron chi connectivity index (χ2n) is 9.79. The number of ether oxygens (including phenoxy) is 2. The van der Waals surface area contributed by atoms with Crippen molar-refractivity contribution < 1.29 is 33.1 Å². The van der Waals surface area contributed by atoms with Crippen LogP contribution in [-0.2, 0) is 14.3 Å². The number of hydrogen-bond acceptors (Lipinski definition) is 9. The maximum Gasteiger partial charge on any atom is 0.271 e. The highest BCUT2D eigenvalue weighted by Crippen LogP contribution is 2.51. The number of nitrogens with zero attached hydrogens (tertiary/aromatic N) is 4. The minimum atomic E-state index is -1.05. The van der Waals surface area contributed by atoms with Crippen LogP contribution in [0.3, 0.4) is 0 Å². The molecule has 2 amide bonds. The molecule has 0 radical (unpaired) electrons. The molecule has 0 saturated heterocycles. The van der Waals surface area contributed by atoms with E-state index in [-0.39, 0.29) is 47.2 Å². The highest BCUT2D eigenvalue weighted by atomic mass is 19.1. The summed E-state index contributed by atoms with van der Waals surface area (Å²) < 4.78 is 40.7. The van der Waals surface area contributed by atoms with Gasteiger partial charge in [-0.05, 0) is 56.4 Å². The molecule has 2 heterocycles. The van der Waals surface area contributed by atoms with E-state index in [9.17, 15) is 14.0 Å². The molecule has 2 aliphatic rings. The molecule has 0 spiro atoms. The first kappa shape index (κ1) is 28.1. The second-order valence-corrected chi connectivity index (χ2v) is 9.79. The third-order valence-electron chi connectivity index (χ3n) is 7.01. The Morgan fingerprint density at radius 3 is 2.49 bits per heavy atom. The maximum absolute atomic E-state index is 15.0. The van der Waals surface area contributed by atoms with E-state index in [1.807, 2.05) is 0 Å². The van der Waals surface area contributed by atoms with Gasteiger partial charge in [-0.1, -0.05) is 5.16 Å². The molecule has 2 fully saturated rings. The molecule has 4 rings (SSSR count). The van der Waals surface area contributed by atoms with E-state index in [0.29, 0.717) is 0 Å². The number of hydrogen-bond donors (Lipinski definition) is 4. The van der Waals surface area contributed by atoms with Crippen LogP contribution in [0.1, 0.15) is 44.2 Å². The highest BCUT2D eigenvalue weighted by molar-refractivity contribution is 6.65. The predicted octanol–water partition coefficient (Wildman–Crippen LogP) is 2.53. The summed E-state index contributed by atoms with van der Waals surface area (Å²) in [6.07, 6.45) is 5.86. The summed E-state index contributed by atoms with van der Waals surface area (Å²) in [5.74, 6) is -2.81. The van der Waals surface area contributed by atoms with Gasteiger partial charge in [0.1, 0.15) is 35.0 Å². The molecule has 0 aliphatic heterocycles. The highest BCUT2D eigenvalue weighted by Gasteiger charge is 2.48. The van der Waals surface area contributed by atoms with Gasteiger partial charge >= 0.3 is 0 Å². The Bertz CT molecular complexity index is 1260. The van der Waals surface area contributed by atoms with Crippen LogP contribution in [0.2, 0.25) is 0 Å². The van der Waals surface area contributed by atoms with Gasteiger partial charge in [0.15, 0.2) is 0 Å². The van der Waals surface area contributed by atoms with E-state index in [4.69, 9.17) is 20.1 Å². The first-order valence-corrected chi connectivity index (χ1v) is 12.5. The number of pyridine rings is 1. The van der Waals surface area contributed by atoms with Crippen LogP contribution in [0.25, 0.3) is 0 Å². The topological polar surface area (TPSA) is 164 Å². The molecule has 2 aliphatic carbocycles. The summed E-state index contributed by atoms with van der Waals surface area (Å²) >= 11 is 0. The van der Waals surface area contributed by atoms with Crippen LogP contribution >= 0.6 is 0 Å². The fraction of sp³-hybridized carbons (Fsp3) is 0.520. The van der Waals surface area contributed by atoms with Crippen LogP contribution < -0.4 is 15.4 Å². The van der Waals surface area contributed by atoms with E-state index >= 15 is 4.39 Å². The lowest BCUT2D eigenvalue weighted by molar-refractivity contribution is -0.124. The Morgan fingerprint density at radius 2 is 1.92 bits per heavy atom. The van der Waals surface area contributed by atoms with Gasteiger partial charge in [-0.3, -0.25) is 19.7 Å². The van der Waals surface area contributed by atoms with Gasteiger partial charge < -0.3 is 25.3 Å². The third-order valence-corrected chi connectivity index (χ3v) is 7.01. The number of amides is 2. The van der Waals surface area contributed by atoms with Gasteiger partial charge in [0.25, 0.3) is 11.9 Å². The first-order valence-electron chi connectivity index (χ1n) is 12.5. The van der Waals surface area contributed by atoms with E-state index in [2.05, 4.69) is 25.9 Å². The standard InChI is InChI=1S/C25H31F2N7O5/c1-12(33-37)20(28)23(35)31-21(19(13-4-5-13)14-6-7-14)24(36)30-17-10-34(32-22(17)27)18(11-38-2)16-8-15(26)9-29-25(16)39-3/h8-10,13-14,18-19,21,28,37H,4-7,11H2,1-3H3,(H,30,36)(H,31,35)/b28-20?,33-12-/t18?,21-/m0/s1. The molecule has 0 bridgehead atoms. The molecule has 2 atom stereocenters. The molecule has 0 aromatic carbocycles. The van der Waals surface area contributed by atoms with Crippen molar-refractivity contribution in [3.05, 3.63) is 35.8 Å². The average Bonchev–Trinajstić information content (AvgIpc) is 3.86. The van der Waals surface area contributed by atoms with Crippen molar-refractivity contribution in [1.29, 1.82) is 5.41 Å². The zero-order valence-corrected chi connectivity index (χ0v) is 21.8. The molecule has 39 heavy (non-hydrogen) atoms. The Labute approximate surface area is 223 Å². The molecular weight excluding hydrogens is 516 g/mol. The number of rotatable bonds is 13. The predicted molar refractivity (Wildman–Crippen MR) is 135 cm³/mol. The summed E-state index contributed by atoms with van der Waals surface area (Å²) in [7, 11) is 2.78. The fourth-order valence-electron chi connectivity index (χ4n) is 4.80. The lowest BCUT2D eigenvalue weighted by Crippen LogP contribution is -2.52. The Kier molecular flexibility index (Phi) is 8.53. The normalized spacial score (nSPS) is 17.0. The molecule has 210 valence electrons. The van der Waals surface area contributed by atoms with Crippen molar-refractivity contribution in [2.45, 2.75) is 44.7 Å². The van der Waals surface area contributed by atoms with E-state index in [1.165, 1.54) is 38.1 Å². The maximum atomic E-state index is 15.0. The summed E-state index contributed by atoms with van der Waals surface area (Å²) in [4.78, 5) is 30.1. The molecule has 14 heteroatoms. The summed E-state index contributed by atoms with van der Waals surface area (Å²) in [6, 6.07) is -0.702. The van der Waals surface area contributed by atoms with Crippen LogP contribution in [-0.4, -0.2) is 70.1 Å². The third kappa shape index (κ3) is 6.38. The quantitative estimate of drug-likeness (QED) is 0.170. The Hall–Kier alpha value is -3.94. The van der Waals surface area contributed by atoms with E-state index < -0.39 is 41.4 Å². The molecule has 1 unspecified atom stereocenters. The number of oxime groups is 1. The van der Waals surface area contributed by atoms with Crippen molar-refractivity contribution in [3.8, 4) is 5.88 Å². The number of carbonyl (C=O) groups excluding carboxylic acids is 2. The number of halogens is 2. The van der Waals surface area contributed by atoms with Crippen LogP contribution in [0.5, 0.6) is 5.88 Å². The van der Waals surface area contributed by atoms with Gasteiger partial charge in [0, 0.05) is 12.7 Å². The van der Waals surface area contributed by atoms with Crippen LogP contribution in [0, 0.1) is 34.9 Å². The molecule has 2 aromatic rings. The molecule has 2 saturated carbocycles. The number of methoxy groups -OCH3 is 2. The molecule has 12 nitrogen and oxygen atoms in total. The smallest absolute Gasteiger partial charge is 0.271 e. The monoisotopic (exact) mass is 547 g/mol. The second kappa shape index (κ2) is 11.8. The fourth-order valence-corrected chi connectivity index (χ4v) is 4.80. The van der Waals surface area contributed by atoms with Crippen molar-refractivity contribution in [3.63, 3.8) is 0 Å². The largest absolute Gasteiger partial charge is 0.481 e. The van der Waals surface area contributed by atoms with Crippen LogP contribution in [0.15, 0.2) is 23.6 Å². The minimum Gasteiger partial charge on any atom is -0.481 e. The van der Waals surface area contributed by atoms with E-state index in [1.54, 1.807) is 0 Å². The van der Waals surface area contributed by atoms with Crippen molar-refractivity contribution in [1.82, 2.24) is 20.1 Å². The number of carbonyl (C=O) groups is 2.